The predicted molar refractivity (Wildman–Crippen MR) is 139 cm³/mol. The number of nitrogens with zero attached hydrogens (tertiary/aromatic N) is 6. The Kier molecular flexibility index (Phi) is 7.21. The maximum Gasteiger partial charge on any atom is 0.271 e. The molecule has 0 radical (unpaired) electrons. The Balaban J connectivity index is 1.24. The molecular formula is C26H27N7O6. The normalized spacial score (nSPS) is 17.4. The summed E-state index contributed by atoms with van der Waals surface area (Å²) in [6.45, 7) is 1.74. The molecule has 0 bridgehead atoms. The van der Waals surface area contributed by atoms with E-state index in [1.54, 1.807) is 30.2 Å². The average Bonchev–Trinajstić information content (AvgIpc) is 3.60. The third-order valence-corrected chi connectivity index (χ3v) is 6.91. The summed E-state index contributed by atoms with van der Waals surface area (Å²) in [5.41, 5.74) is 1.34. The molecule has 2 aromatic carbocycles. The fourth-order valence-corrected chi connectivity index (χ4v) is 4.81. The lowest BCUT2D eigenvalue weighted by Crippen LogP contribution is -2.48. The monoisotopic (exact) mass is 533 g/mol. The number of likely N-dealkylation sites (tertiary alicyclic amines) is 1. The van der Waals surface area contributed by atoms with Crippen molar-refractivity contribution in [3.8, 4) is 5.75 Å². The summed E-state index contributed by atoms with van der Waals surface area (Å²) in [6.07, 6.45) is 3.69. The van der Waals surface area contributed by atoms with Gasteiger partial charge >= 0.3 is 0 Å². The molecule has 202 valence electrons. The van der Waals surface area contributed by atoms with Gasteiger partial charge in [-0.3, -0.25) is 29.4 Å². The molecule has 0 saturated carbocycles. The number of hydrogen-bond donors (Lipinski definition) is 1. The number of amides is 3. The highest BCUT2D eigenvalue weighted by Crippen LogP contribution is 2.35. The highest BCUT2D eigenvalue weighted by atomic mass is 16.6. The van der Waals surface area contributed by atoms with Crippen LogP contribution in [0.5, 0.6) is 5.75 Å². The van der Waals surface area contributed by atoms with Crippen molar-refractivity contribution in [3.63, 3.8) is 0 Å². The van der Waals surface area contributed by atoms with Crippen LogP contribution < -0.4 is 15.0 Å². The zero-order chi connectivity index (χ0) is 27.5. The summed E-state index contributed by atoms with van der Waals surface area (Å²) in [5.74, 6) is -0.634. The lowest BCUT2D eigenvalue weighted by atomic mass is 10.1. The lowest BCUT2D eigenvalue weighted by molar-refractivity contribution is -0.384. The summed E-state index contributed by atoms with van der Waals surface area (Å²) in [5, 5.41) is 22.4. The van der Waals surface area contributed by atoms with Gasteiger partial charge in [-0.05, 0) is 38.0 Å². The molecule has 1 aromatic heterocycles. The first-order valence-corrected chi connectivity index (χ1v) is 12.6. The van der Waals surface area contributed by atoms with Gasteiger partial charge in [-0.1, -0.05) is 23.4 Å². The van der Waals surface area contributed by atoms with Crippen LogP contribution in [-0.4, -0.2) is 68.3 Å². The van der Waals surface area contributed by atoms with Crippen LogP contribution in [-0.2, 0) is 20.8 Å². The van der Waals surface area contributed by atoms with Crippen LogP contribution in [0.2, 0.25) is 0 Å². The minimum Gasteiger partial charge on any atom is -0.482 e. The fourth-order valence-electron chi connectivity index (χ4n) is 4.81. The van der Waals surface area contributed by atoms with Gasteiger partial charge in [0, 0.05) is 43.0 Å². The Labute approximate surface area is 223 Å². The summed E-state index contributed by atoms with van der Waals surface area (Å²) in [4.78, 5) is 52.2. The average molecular weight is 534 g/mol. The number of para-hydroxylation sites is 1. The maximum absolute atomic E-state index is 13.3. The highest BCUT2D eigenvalue weighted by molar-refractivity contribution is 6.02. The molecule has 3 aromatic rings. The number of anilines is 2. The molecule has 39 heavy (non-hydrogen) atoms. The first-order chi connectivity index (χ1) is 18.8. The number of rotatable bonds is 8. The van der Waals surface area contributed by atoms with Crippen LogP contribution in [0.4, 0.5) is 17.1 Å². The van der Waals surface area contributed by atoms with E-state index < -0.39 is 16.9 Å². The van der Waals surface area contributed by atoms with Gasteiger partial charge < -0.3 is 15.0 Å². The first kappa shape index (κ1) is 25.8. The van der Waals surface area contributed by atoms with Gasteiger partial charge in [0.2, 0.25) is 11.8 Å². The third kappa shape index (κ3) is 5.56. The van der Waals surface area contributed by atoms with Crippen molar-refractivity contribution in [1.29, 1.82) is 0 Å². The number of nitro benzene ring substituents is 1. The van der Waals surface area contributed by atoms with E-state index in [-0.39, 0.29) is 42.4 Å². The minimum atomic E-state index is -0.593. The number of nitrogens with one attached hydrogen (secondary N) is 1. The van der Waals surface area contributed by atoms with Crippen LogP contribution in [0.1, 0.15) is 31.5 Å². The highest BCUT2D eigenvalue weighted by Gasteiger charge is 2.34. The van der Waals surface area contributed by atoms with E-state index in [4.69, 9.17) is 4.74 Å². The van der Waals surface area contributed by atoms with E-state index in [2.05, 4.69) is 15.6 Å². The molecule has 0 spiro atoms. The second-order valence-corrected chi connectivity index (χ2v) is 9.49. The second kappa shape index (κ2) is 10.9. The van der Waals surface area contributed by atoms with Crippen molar-refractivity contribution >= 4 is 34.8 Å². The molecule has 3 heterocycles. The Morgan fingerprint density at radius 2 is 2.03 bits per heavy atom. The lowest BCUT2D eigenvalue weighted by Gasteiger charge is -2.31. The number of carbonyl (C=O) groups is 3. The van der Waals surface area contributed by atoms with E-state index in [0.717, 1.165) is 12.8 Å². The van der Waals surface area contributed by atoms with Gasteiger partial charge in [0.15, 0.2) is 6.61 Å². The molecule has 2 aliphatic rings. The van der Waals surface area contributed by atoms with Gasteiger partial charge in [0.05, 0.1) is 16.3 Å². The van der Waals surface area contributed by atoms with Crippen molar-refractivity contribution in [2.75, 3.05) is 29.9 Å². The molecule has 2 atom stereocenters. The molecule has 2 aliphatic heterocycles. The van der Waals surface area contributed by atoms with Crippen molar-refractivity contribution in [2.24, 2.45) is 0 Å². The molecule has 1 saturated heterocycles. The van der Waals surface area contributed by atoms with Gasteiger partial charge in [-0.2, -0.15) is 0 Å². The van der Waals surface area contributed by atoms with Crippen LogP contribution in [0, 0.1) is 10.1 Å². The molecule has 5 rings (SSSR count). The smallest absolute Gasteiger partial charge is 0.271 e. The summed E-state index contributed by atoms with van der Waals surface area (Å²) in [7, 11) is 0. The SMILES string of the molecule is CC(C(=O)Nc1ccccc1)n1cc(CC2CCCN2C(=O)CN2C(=O)COc3ccc([N+](=O)[O-])cc32)nn1. The summed E-state index contributed by atoms with van der Waals surface area (Å²) in [6, 6.07) is 12.4. The molecule has 13 heteroatoms. The molecule has 2 unspecified atom stereocenters. The van der Waals surface area contributed by atoms with Crippen LogP contribution in [0.25, 0.3) is 0 Å². The molecule has 1 fully saturated rings. The fraction of sp³-hybridized carbons (Fsp3) is 0.346. The Morgan fingerprint density at radius 3 is 2.79 bits per heavy atom. The van der Waals surface area contributed by atoms with E-state index >= 15 is 0 Å². The number of non-ortho nitro benzene ring substituents is 1. The molecule has 0 aliphatic carbocycles. The molecule has 1 N–H and O–H groups in total. The molecule has 3 amide bonds. The summed E-state index contributed by atoms with van der Waals surface area (Å²) < 4.78 is 6.89. The van der Waals surface area contributed by atoms with E-state index in [1.165, 1.54) is 27.8 Å². The number of nitro groups is 1. The first-order valence-electron chi connectivity index (χ1n) is 12.6. The standard InChI is InChI=1S/C26H27N7O6/c1-17(26(36)27-18-6-3-2-4-7-18)32-14-19(28-29-32)12-20-8-5-11-30(20)24(34)15-31-22-13-21(33(37)38)9-10-23(22)39-16-25(31)35/h2-4,6-7,9-10,13-14,17,20H,5,8,11-12,15-16H2,1H3,(H,27,36). The number of fused-ring (bicyclic) bond motifs is 1. The predicted octanol–water partition coefficient (Wildman–Crippen LogP) is 2.35. The van der Waals surface area contributed by atoms with E-state index in [0.29, 0.717) is 30.1 Å². The van der Waals surface area contributed by atoms with E-state index in [1.807, 2.05) is 18.2 Å². The Morgan fingerprint density at radius 1 is 1.23 bits per heavy atom. The van der Waals surface area contributed by atoms with Crippen molar-refractivity contribution in [2.45, 2.75) is 38.3 Å². The van der Waals surface area contributed by atoms with Gasteiger partial charge in [0.1, 0.15) is 18.3 Å². The van der Waals surface area contributed by atoms with Crippen molar-refractivity contribution < 1.29 is 24.0 Å². The number of aromatic nitrogens is 3. The van der Waals surface area contributed by atoms with Crippen molar-refractivity contribution in [3.05, 3.63) is 70.5 Å². The van der Waals surface area contributed by atoms with Crippen molar-refractivity contribution in [1.82, 2.24) is 19.9 Å². The van der Waals surface area contributed by atoms with E-state index in [9.17, 15) is 24.5 Å². The number of benzene rings is 2. The quantitative estimate of drug-likeness (QED) is 0.342. The Hall–Kier alpha value is -4.81. The van der Waals surface area contributed by atoms with Gasteiger partial charge in [-0.15, -0.1) is 5.10 Å². The largest absolute Gasteiger partial charge is 0.482 e. The number of carbonyl (C=O) groups excluding carboxylic acids is 3. The molecular weight excluding hydrogens is 506 g/mol. The Bertz CT molecular complexity index is 1410. The molecule has 13 nitrogen and oxygen atoms in total. The zero-order valence-electron chi connectivity index (χ0n) is 21.2. The van der Waals surface area contributed by atoms with Gasteiger partial charge in [-0.25, -0.2) is 4.68 Å². The minimum absolute atomic E-state index is 0.156. The number of hydrogen-bond acceptors (Lipinski definition) is 8. The summed E-state index contributed by atoms with van der Waals surface area (Å²) >= 11 is 0. The topological polar surface area (TPSA) is 153 Å². The zero-order valence-corrected chi connectivity index (χ0v) is 21.2. The third-order valence-electron chi connectivity index (χ3n) is 6.91. The van der Waals surface area contributed by atoms with Crippen LogP contribution >= 0.6 is 0 Å². The second-order valence-electron chi connectivity index (χ2n) is 9.49. The van der Waals surface area contributed by atoms with Gasteiger partial charge in [0.25, 0.3) is 11.6 Å². The van der Waals surface area contributed by atoms with Crippen LogP contribution in [0.15, 0.2) is 54.7 Å². The van der Waals surface area contributed by atoms with Crippen LogP contribution in [0.3, 0.4) is 0 Å². The number of ether oxygens (including phenoxy) is 1. The maximum atomic E-state index is 13.3.